The van der Waals surface area contributed by atoms with Crippen LogP contribution in [-0.2, 0) is 0 Å². The molecule has 0 aliphatic carbocycles. The molecule has 19 heavy (non-hydrogen) atoms. The molecule has 0 unspecified atom stereocenters. The van der Waals surface area contributed by atoms with Gasteiger partial charge in [-0.25, -0.2) is 0 Å². The highest BCUT2D eigenvalue weighted by molar-refractivity contribution is 5.79. The topological polar surface area (TPSA) is 95.2 Å². The zero-order valence-corrected chi connectivity index (χ0v) is 9.74. The Bertz CT molecular complexity index is 730. The molecule has 0 aliphatic heterocycles. The summed E-state index contributed by atoms with van der Waals surface area (Å²) in [4.78, 5) is 10.7. The highest BCUT2D eigenvalue weighted by Gasteiger charge is 2.14. The molecular formula is C13H9N3O3. The summed E-state index contributed by atoms with van der Waals surface area (Å²) >= 11 is 0. The summed E-state index contributed by atoms with van der Waals surface area (Å²) in [5, 5.41) is 7.47. The maximum Gasteiger partial charge on any atom is 0.313 e. The fourth-order valence-electron chi connectivity index (χ4n) is 1.79. The number of nitrogens with two attached hydrogens (primary N) is 1. The van der Waals surface area contributed by atoms with Gasteiger partial charge in [-0.15, -0.1) is 5.10 Å². The van der Waals surface area contributed by atoms with E-state index in [4.69, 9.17) is 14.6 Å². The second-order valence-electron chi connectivity index (χ2n) is 3.81. The number of anilines is 1. The van der Waals surface area contributed by atoms with Crippen LogP contribution in [0.1, 0.15) is 10.6 Å². The van der Waals surface area contributed by atoms with Crippen molar-refractivity contribution in [3.8, 4) is 22.8 Å². The van der Waals surface area contributed by atoms with Crippen molar-refractivity contribution in [2.45, 2.75) is 0 Å². The Morgan fingerprint density at radius 3 is 2.42 bits per heavy atom. The van der Waals surface area contributed by atoms with Crippen molar-refractivity contribution in [3.05, 3.63) is 42.2 Å². The molecule has 0 saturated carbocycles. The third-order valence-corrected chi connectivity index (χ3v) is 2.61. The lowest BCUT2D eigenvalue weighted by Gasteiger charge is -2.02. The fraction of sp³-hybridized carbons (Fsp3) is 0. The van der Waals surface area contributed by atoms with Gasteiger partial charge in [0.05, 0.1) is 0 Å². The number of hydrogen-bond donors (Lipinski definition) is 1. The molecule has 0 amide bonds. The maximum atomic E-state index is 10.7. The highest BCUT2D eigenvalue weighted by atomic mass is 16.4. The average molecular weight is 255 g/mol. The van der Waals surface area contributed by atoms with Crippen molar-refractivity contribution in [1.82, 2.24) is 10.2 Å². The normalized spacial score (nSPS) is 10.5. The summed E-state index contributed by atoms with van der Waals surface area (Å²) in [7, 11) is 0. The molecule has 0 atom stereocenters. The Morgan fingerprint density at radius 2 is 1.79 bits per heavy atom. The quantitative estimate of drug-likeness (QED) is 0.722. The summed E-state index contributed by atoms with van der Waals surface area (Å²) in [6.45, 7) is 0. The average Bonchev–Trinajstić information content (AvgIpc) is 3.07. The van der Waals surface area contributed by atoms with E-state index in [0.717, 1.165) is 5.56 Å². The van der Waals surface area contributed by atoms with E-state index in [-0.39, 0.29) is 11.8 Å². The first-order chi connectivity index (χ1) is 9.28. The molecule has 0 fully saturated rings. The van der Waals surface area contributed by atoms with Crippen LogP contribution in [0.4, 0.5) is 6.01 Å². The second-order valence-corrected chi connectivity index (χ2v) is 3.81. The predicted molar refractivity (Wildman–Crippen MR) is 67.2 cm³/mol. The number of furan rings is 1. The molecule has 2 N–H and O–H groups in total. The van der Waals surface area contributed by atoms with Crippen molar-refractivity contribution in [2.24, 2.45) is 0 Å². The number of carbonyl (C=O) groups excluding carboxylic acids is 1. The van der Waals surface area contributed by atoms with Gasteiger partial charge in [-0.2, -0.15) is 0 Å². The van der Waals surface area contributed by atoms with Crippen molar-refractivity contribution in [1.29, 1.82) is 0 Å². The smallest absolute Gasteiger partial charge is 0.313 e. The Hall–Kier alpha value is -2.89. The third-order valence-electron chi connectivity index (χ3n) is 2.61. The number of rotatable bonds is 3. The van der Waals surface area contributed by atoms with Crippen LogP contribution in [0.5, 0.6) is 0 Å². The van der Waals surface area contributed by atoms with Gasteiger partial charge in [-0.1, -0.05) is 23.3 Å². The molecule has 3 aromatic rings. The van der Waals surface area contributed by atoms with Crippen LogP contribution in [0.2, 0.25) is 0 Å². The molecule has 0 saturated heterocycles. The Kier molecular flexibility index (Phi) is 2.60. The van der Waals surface area contributed by atoms with Gasteiger partial charge in [0.25, 0.3) is 0 Å². The molecule has 94 valence electrons. The summed E-state index contributed by atoms with van der Waals surface area (Å²) < 4.78 is 10.6. The summed E-state index contributed by atoms with van der Waals surface area (Å²) in [6, 6.07) is 10.6. The van der Waals surface area contributed by atoms with E-state index in [9.17, 15) is 4.79 Å². The monoisotopic (exact) mass is 255 g/mol. The van der Waals surface area contributed by atoms with Crippen LogP contribution >= 0.6 is 0 Å². The first-order valence-electron chi connectivity index (χ1n) is 5.51. The lowest BCUT2D eigenvalue weighted by atomic mass is 10.1. The van der Waals surface area contributed by atoms with Crippen LogP contribution in [-0.4, -0.2) is 16.5 Å². The number of aldehydes is 1. The van der Waals surface area contributed by atoms with Crippen molar-refractivity contribution in [2.75, 3.05) is 5.73 Å². The lowest BCUT2D eigenvalue weighted by Crippen LogP contribution is -1.83. The minimum absolute atomic E-state index is 0.00201. The molecule has 0 bridgehead atoms. The SMILES string of the molecule is Nc1nnc(-c2ccccc2-c2ccc(C=O)o2)o1. The van der Waals surface area contributed by atoms with Gasteiger partial charge in [0.1, 0.15) is 5.76 Å². The third kappa shape index (κ3) is 1.99. The van der Waals surface area contributed by atoms with E-state index in [1.807, 2.05) is 24.3 Å². The number of nitrogens with zero attached hydrogens (tertiary/aromatic N) is 2. The van der Waals surface area contributed by atoms with E-state index in [2.05, 4.69) is 10.2 Å². The summed E-state index contributed by atoms with van der Waals surface area (Å²) in [5.41, 5.74) is 6.86. The van der Waals surface area contributed by atoms with Gasteiger partial charge in [0.15, 0.2) is 12.0 Å². The number of nitrogen functional groups attached to an aromatic ring is 1. The Morgan fingerprint density at radius 1 is 1.00 bits per heavy atom. The first-order valence-corrected chi connectivity index (χ1v) is 5.51. The standard InChI is InChI=1S/C13H9N3O3/c14-13-16-15-12(19-13)10-4-2-1-3-9(10)11-6-5-8(7-17)18-11/h1-7H,(H2,14,16). The van der Waals surface area contributed by atoms with Crippen molar-refractivity contribution >= 4 is 12.3 Å². The molecule has 3 rings (SSSR count). The molecule has 6 nitrogen and oxygen atoms in total. The van der Waals surface area contributed by atoms with Gasteiger partial charge < -0.3 is 14.6 Å². The van der Waals surface area contributed by atoms with E-state index >= 15 is 0 Å². The number of aromatic nitrogens is 2. The molecule has 1 aromatic carbocycles. The Labute approximate surface area is 107 Å². The minimum Gasteiger partial charge on any atom is -0.453 e. The van der Waals surface area contributed by atoms with Gasteiger partial charge in [-0.3, -0.25) is 4.79 Å². The summed E-state index contributed by atoms with van der Waals surface area (Å²) in [5.74, 6) is 1.11. The molecule has 2 aromatic heterocycles. The first kappa shape index (κ1) is 11.2. The van der Waals surface area contributed by atoms with Crippen LogP contribution in [0.25, 0.3) is 22.8 Å². The fourth-order valence-corrected chi connectivity index (χ4v) is 1.79. The molecule has 0 radical (unpaired) electrons. The van der Waals surface area contributed by atoms with E-state index in [1.165, 1.54) is 0 Å². The minimum atomic E-state index is -0.00201. The molecular weight excluding hydrogens is 246 g/mol. The van der Waals surface area contributed by atoms with E-state index in [0.29, 0.717) is 23.5 Å². The molecule has 2 heterocycles. The largest absolute Gasteiger partial charge is 0.453 e. The van der Waals surface area contributed by atoms with Gasteiger partial charge >= 0.3 is 6.01 Å². The molecule has 0 aliphatic rings. The van der Waals surface area contributed by atoms with Crippen molar-refractivity contribution < 1.29 is 13.6 Å². The van der Waals surface area contributed by atoms with E-state index < -0.39 is 0 Å². The predicted octanol–water partition coefficient (Wildman–Crippen LogP) is 2.39. The van der Waals surface area contributed by atoms with Crippen molar-refractivity contribution in [3.63, 3.8) is 0 Å². The number of benzene rings is 1. The van der Waals surface area contributed by atoms with Crippen LogP contribution < -0.4 is 5.73 Å². The summed E-state index contributed by atoms with van der Waals surface area (Å²) in [6.07, 6.45) is 0.650. The second kappa shape index (κ2) is 4.41. The van der Waals surface area contributed by atoms with E-state index in [1.54, 1.807) is 12.1 Å². The maximum absolute atomic E-state index is 10.7. The molecule has 6 heteroatoms. The van der Waals surface area contributed by atoms with Gasteiger partial charge in [0.2, 0.25) is 5.89 Å². The zero-order valence-electron chi connectivity index (χ0n) is 9.74. The number of hydrogen-bond acceptors (Lipinski definition) is 6. The van der Waals surface area contributed by atoms with Gasteiger partial charge in [-0.05, 0) is 18.2 Å². The number of carbonyl (C=O) groups is 1. The highest BCUT2D eigenvalue weighted by Crippen LogP contribution is 2.32. The molecule has 0 spiro atoms. The lowest BCUT2D eigenvalue weighted by molar-refractivity contribution is 0.110. The van der Waals surface area contributed by atoms with Crippen LogP contribution in [0, 0.1) is 0 Å². The van der Waals surface area contributed by atoms with Crippen LogP contribution in [0.3, 0.4) is 0 Å². The zero-order chi connectivity index (χ0) is 13.2. The van der Waals surface area contributed by atoms with Gasteiger partial charge in [0, 0.05) is 11.1 Å². The Balaban J connectivity index is 2.14. The van der Waals surface area contributed by atoms with Crippen LogP contribution in [0.15, 0.2) is 45.2 Å².